The highest BCUT2D eigenvalue weighted by molar-refractivity contribution is 5.93. The SMILES string of the molecule is CC.N#C/C(=C\c1coc2ccccc2c1=O)c1ccccc1[N+](=O)[O-]. The van der Waals surface area contributed by atoms with Crippen LogP contribution in [0.1, 0.15) is 25.0 Å². The average molecular weight is 348 g/mol. The number of hydrogen-bond donors (Lipinski definition) is 0. The highest BCUT2D eigenvalue weighted by atomic mass is 16.6. The smallest absolute Gasteiger partial charge is 0.277 e. The van der Waals surface area contributed by atoms with Crippen molar-refractivity contribution < 1.29 is 9.34 Å². The van der Waals surface area contributed by atoms with Crippen LogP contribution in [0.5, 0.6) is 0 Å². The third-order valence-electron chi connectivity index (χ3n) is 3.52. The van der Waals surface area contributed by atoms with Gasteiger partial charge in [0.2, 0.25) is 0 Å². The Hall–Kier alpha value is -3.72. The zero-order chi connectivity index (χ0) is 19.1. The molecule has 0 atom stereocenters. The van der Waals surface area contributed by atoms with E-state index in [0.717, 1.165) is 0 Å². The van der Waals surface area contributed by atoms with Crippen molar-refractivity contribution in [1.82, 2.24) is 0 Å². The standard InChI is InChI=1S/C18H10N2O4.C2H6/c19-10-12(14-5-1-3-7-16(14)20(22)23)9-13-11-24-17-8-4-2-6-15(17)18(13)21;1-2/h1-9,11H;1-2H3/b12-9+;. The lowest BCUT2D eigenvalue weighted by Gasteiger charge is -2.02. The molecule has 0 amide bonds. The molecule has 0 bridgehead atoms. The molecule has 3 rings (SSSR count). The number of hydrogen-bond acceptors (Lipinski definition) is 5. The predicted molar refractivity (Wildman–Crippen MR) is 100 cm³/mol. The Kier molecular flexibility index (Phi) is 6.01. The Morgan fingerprint density at radius 3 is 2.50 bits per heavy atom. The summed E-state index contributed by atoms with van der Waals surface area (Å²) in [6.07, 6.45) is 2.55. The van der Waals surface area contributed by atoms with Gasteiger partial charge in [0.25, 0.3) is 5.69 Å². The lowest BCUT2D eigenvalue weighted by atomic mass is 10.0. The molecule has 130 valence electrons. The highest BCUT2D eigenvalue weighted by Crippen LogP contribution is 2.26. The first kappa shape index (κ1) is 18.6. The number of nitro groups is 1. The summed E-state index contributed by atoms with van der Waals surface area (Å²) in [4.78, 5) is 23.0. The van der Waals surface area contributed by atoms with Crippen molar-refractivity contribution in [3.8, 4) is 6.07 Å². The van der Waals surface area contributed by atoms with E-state index in [1.807, 2.05) is 19.9 Å². The fraction of sp³-hybridized carbons (Fsp3) is 0.100. The van der Waals surface area contributed by atoms with Crippen molar-refractivity contribution in [2.45, 2.75) is 13.8 Å². The highest BCUT2D eigenvalue weighted by Gasteiger charge is 2.17. The van der Waals surface area contributed by atoms with E-state index in [0.29, 0.717) is 11.0 Å². The van der Waals surface area contributed by atoms with Crippen molar-refractivity contribution in [3.05, 3.63) is 86.3 Å². The Morgan fingerprint density at radius 1 is 1.15 bits per heavy atom. The number of rotatable bonds is 3. The maximum absolute atomic E-state index is 12.5. The first-order chi connectivity index (χ1) is 12.6. The van der Waals surface area contributed by atoms with Crippen LogP contribution in [0.4, 0.5) is 5.69 Å². The number of allylic oxidation sites excluding steroid dienone is 1. The van der Waals surface area contributed by atoms with Crippen LogP contribution in [0.2, 0.25) is 0 Å². The van der Waals surface area contributed by atoms with E-state index >= 15 is 0 Å². The molecule has 0 fully saturated rings. The monoisotopic (exact) mass is 348 g/mol. The molecule has 0 aliphatic rings. The van der Waals surface area contributed by atoms with E-state index in [-0.39, 0.29) is 27.8 Å². The van der Waals surface area contributed by atoms with E-state index in [4.69, 9.17) is 4.42 Å². The fourth-order valence-electron chi connectivity index (χ4n) is 2.38. The number of nitriles is 1. The zero-order valence-corrected chi connectivity index (χ0v) is 14.3. The Bertz CT molecular complexity index is 1070. The topological polar surface area (TPSA) is 97.1 Å². The molecule has 0 radical (unpaired) electrons. The van der Waals surface area contributed by atoms with E-state index < -0.39 is 4.92 Å². The van der Waals surface area contributed by atoms with E-state index in [9.17, 15) is 20.2 Å². The molecule has 1 heterocycles. The summed E-state index contributed by atoms with van der Waals surface area (Å²) in [5.74, 6) is 0. The minimum Gasteiger partial charge on any atom is -0.463 e. The second kappa shape index (κ2) is 8.40. The minimum absolute atomic E-state index is 0.0184. The molecule has 6 nitrogen and oxygen atoms in total. The maximum atomic E-state index is 12.5. The third kappa shape index (κ3) is 3.68. The van der Waals surface area contributed by atoms with Gasteiger partial charge in [0, 0.05) is 6.07 Å². The summed E-state index contributed by atoms with van der Waals surface area (Å²) in [5, 5.41) is 20.9. The van der Waals surface area contributed by atoms with E-state index in [1.165, 1.54) is 30.5 Å². The first-order valence-electron chi connectivity index (χ1n) is 7.98. The third-order valence-corrected chi connectivity index (χ3v) is 3.52. The van der Waals surface area contributed by atoms with E-state index in [2.05, 4.69) is 0 Å². The van der Waals surface area contributed by atoms with Crippen LogP contribution in [0.25, 0.3) is 22.6 Å². The lowest BCUT2D eigenvalue weighted by molar-refractivity contribution is -0.385. The molecule has 3 aromatic rings. The van der Waals surface area contributed by atoms with Gasteiger partial charge in [-0.15, -0.1) is 0 Å². The number of nitrogens with zero attached hydrogens (tertiary/aromatic N) is 2. The Morgan fingerprint density at radius 2 is 1.81 bits per heavy atom. The van der Waals surface area contributed by atoms with Gasteiger partial charge >= 0.3 is 0 Å². The molecule has 0 aliphatic heterocycles. The maximum Gasteiger partial charge on any atom is 0.277 e. The second-order valence-corrected chi connectivity index (χ2v) is 4.96. The summed E-state index contributed by atoms with van der Waals surface area (Å²) >= 11 is 0. The molecule has 1 aromatic heterocycles. The lowest BCUT2D eigenvalue weighted by Crippen LogP contribution is -2.05. The number of fused-ring (bicyclic) bond motifs is 1. The minimum atomic E-state index is -0.566. The van der Waals surface area contributed by atoms with Gasteiger partial charge in [0.1, 0.15) is 17.9 Å². The summed E-state index contributed by atoms with van der Waals surface area (Å²) < 4.78 is 5.39. The van der Waals surface area contributed by atoms with Gasteiger partial charge in [-0.2, -0.15) is 5.26 Å². The van der Waals surface area contributed by atoms with Gasteiger partial charge in [-0.25, -0.2) is 0 Å². The molecule has 6 heteroatoms. The van der Waals surface area contributed by atoms with Crippen molar-refractivity contribution >= 4 is 28.3 Å². The van der Waals surface area contributed by atoms with Gasteiger partial charge in [-0.3, -0.25) is 14.9 Å². The molecular weight excluding hydrogens is 332 g/mol. The van der Waals surface area contributed by atoms with E-state index in [1.54, 1.807) is 30.3 Å². The summed E-state index contributed by atoms with van der Waals surface area (Å²) in [7, 11) is 0. The molecular formula is C20H16N2O4. The molecule has 0 aliphatic carbocycles. The zero-order valence-electron chi connectivity index (χ0n) is 14.3. The largest absolute Gasteiger partial charge is 0.463 e. The van der Waals surface area contributed by atoms with Crippen molar-refractivity contribution in [2.24, 2.45) is 0 Å². The van der Waals surface area contributed by atoms with Crippen LogP contribution in [0, 0.1) is 21.4 Å². The van der Waals surface area contributed by atoms with Crippen molar-refractivity contribution in [3.63, 3.8) is 0 Å². The van der Waals surface area contributed by atoms with Gasteiger partial charge in [-0.05, 0) is 24.3 Å². The molecule has 0 saturated heterocycles. The second-order valence-electron chi connectivity index (χ2n) is 4.96. The normalized spacial score (nSPS) is 10.6. The van der Waals surface area contributed by atoms with Crippen LogP contribution in [0.3, 0.4) is 0 Å². The molecule has 26 heavy (non-hydrogen) atoms. The van der Waals surface area contributed by atoms with Crippen molar-refractivity contribution in [1.29, 1.82) is 5.26 Å². The van der Waals surface area contributed by atoms with Crippen LogP contribution >= 0.6 is 0 Å². The fourth-order valence-corrected chi connectivity index (χ4v) is 2.38. The van der Waals surface area contributed by atoms with Gasteiger partial charge in [0.05, 0.1) is 27.0 Å². The van der Waals surface area contributed by atoms with Gasteiger partial charge < -0.3 is 4.42 Å². The van der Waals surface area contributed by atoms with Crippen LogP contribution < -0.4 is 5.43 Å². The number of para-hydroxylation sites is 2. The molecule has 2 aromatic carbocycles. The number of benzene rings is 2. The molecule has 0 spiro atoms. The Labute approximate surface area is 149 Å². The summed E-state index contributed by atoms with van der Waals surface area (Å²) in [6.45, 7) is 4.00. The van der Waals surface area contributed by atoms with Crippen LogP contribution in [0.15, 0.2) is 64.0 Å². The molecule has 0 saturated carbocycles. The number of nitro benzene ring substituents is 1. The van der Waals surface area contributed by atoms with Crippen LogP contribution in [-0.2, 0) is 0 Å². The first-order valence-corrected chi connectivity index (χ1v) is 7.98. The molecule has 0 unspecified atom stereocenters. The summed E-state index contributed by atoms with van der Waals surface area (Å²) in [6, 6.07) is 14.5. The Balaban J connectivity index is 0.00000117. The summed E-state index contributed by atoms with van der Waals surface area (Å²) in [5.41, 5.74) is 0.258. The molecule has 0 N–H and O–H groups in total. The quantitative estimate of drug-likeness (QED) is 0.385. The predicted octanol–water partition coefficient (Wildman–Crippen LogP) is 4.79. The van der Waals surface area contributed by atoms with Crippen LogP contribution in [-0.4, -0.2) is 4.92 Å². The van der Waals surface area contributed by atoms with Gasteiger partial charge in [-0.1, -0.05) is 38.1 Å². The van der Waals surface area contributed by atoms with Gasteiger partial charge in [0.15, 0.2) is 5.43 Å². The average Bonchev–Trinajstić information content (AvgIpc) is 2.69. The van der Waals surface area contributed by atoms with Crippen molar-refractivity contribution in [2.75, 3.05) is 0 Å².